The molecule has 0 spiro atoms. The minimum Gasteiger partial charge on any atom is -0.463 e. The number of benzene rings is 1. The lowest BCUT2D eigenvalue weighted by molar-refractivity contribution is 0.0184. The van der Waals surface area contributed by atoms with Crippen LogP contribution in [-0.2, 0) is 10.2 Å². The molecule has 1 saturated heterocycles. The molecule has 0 atom stereocenters. The molecule has 4 heterocycles. The van der Waals surface area contributed by atoms with Gasteiger partial charge >= 0.3 is 12.2 Å². The molecule has 2 amide bonds. The van der Waals surface area contributed by atoms with Crippen molar-refractivity contribution in [2.45, 2.75) is 71.4 Å². The Morgan fingerprint density at radius 1 is 1.00 bits per heavy atom. The fourth-order valence-electron chi connectivity index (χ4n) is 5.48. The SMILES string of the molecule is CC(C)(C)OC(=O)N1CCC(n2cc(-c3ccc4c(c(C(=O)Nc5ccncc5)nn4C(=O)O)c3C(C)(C)C)cn2)CC1. The molecule has 0 radical (unpaired) electrons. The van der Waals surface area contributed by atoms with Crippen LogP contribution < -0.4 is 5.32 Å². The summed E-state index contributed by atoms with van der Waals surface area (Å²) in [5.74, 6) is -0.522. The fraction of sp³-hybridized carbons (Fsp3) is 0.419. The number of pyridine rings is 1. The minimum absolute atomic E-state index is 0.0166. The summed E-state index contributed by atoms with van der Waals surface area (Å²) >= 11 is 0. The van der Waals surface area contributed by atoms with Crippen LogP contribution >= 0.6 is 0 Å². The Morgan fingerprint density at radius 3 is 2.28 bits per heavy atom. The van der Waals surface area contributed by atoms with Gasteiger partial charge in [0.25, 0.3) is 5.91 Å². The van der Waals surface area contributed by atoms with Crippen LogP contribution in [0.25, 0.3) is 22.0 Å². The Balaban J connectivity index is 1.50. The van der Waals surface area contributed by atoms with Gasteiger partial charge in [0.2, 0.25) is 0 Å². The van der Waals surface area contributed by atoms with E-state index < -0.39 is 23.0 Å². The van der Waals surface area contributed by atoms with Crippen LogP contribution in [0.2, 0.25) is 0 Å². The van der Waals surface area contributed by atoms with Crippen molar-refractivity contribution < 1.29 is 24.2 Å². The van der Waals surface area contributed by atoms with Crippen molar-refractivity contribution in [3.05, 3.63) is 60.3 Å². The first-order chi connectivity index (χ1) is 20.2. The minimum atomic E-state index is -1.29. The number of ether oxygens (including phenoxy) is 1. The smallest absolute Gasteiger partial charge is 0.432 e. The molecule has 1 aliphatic rings. The fourth-order valence-corrected chi connectivity index (χ4v) is 5.48. The second-order valence-corrected chi connectivity index (χ2v) is 12.8. The maximum absolute atomic E-state index is 13.5. The number of anilines is 1. The van der Waals surface area contributed by atoms with Crippen molar-refractivity contribution in [1.29, 1.82) is 0 Å². The first-order valence-corrected chi connectivity index (χ1v) is 14.3. The van der Waals surface area contributed by atoms with Gasteiger partial charge in [-0.25, -0.2) is 9.59 Å². The van der Waals surface area contributed by atoms with Gasteiger partial charge in [-0.05, 0) is 68.4 Å². The van der Waals surface area contributed by atoms with E-state index in [1.165, 1.54) is 0 Å². The monoisotopic (exact) mass is 587 g/mol. The summed E-state index contributed by atoms with van der Waals surface area (Å²) in [5, 5.41) is 22.1. The van der Waals surface area contributed by atoms with E-state index in [2.05, 4.69) is 20.5 Å². The molecule has 3 aromatic heterocycles. The quantitative estimate of drug-likeness (QED) is 0.298. The number of nitrogens with one attached hydrogen (secondary N) is 1. The summed E-state index contributed by atoms with van der Waals surface area (Å²) in [6, 6.07) is 6.95. The van der Waals surface area contributed by atoms with E-state index >= 15 is 0 Å². The molecule has 1 fully saturated rings. The molecule has 43 heavy (non-hydrogen) atoms. The largest absolute Gasteiger partial charge is 0.463 e. The number of hydrogen-bond donors (Lipinski definition) is 2. The predicted octanol–water partition coefficient (Wildman–Crippen LogP) is 5.94. The van der Waals surface area contributed by atoms with Gasteiger partial charge in [-0.2, -0.15) is 14.9 Å². The number of hydrogen-bond acceptors (Lipinski definition) is 7. The van der Waals surface area contributed by atoms with E-state index in [0.29, 0.717) is 29.7 Å². The first kappa shape index (κ1) is 29.7. The number of rotatable bonds is 4. The van der Waals surface area contributed by atoms with Gasteiger partial charge in [-0.15, -0.1) is 0 Å². The van der Waals surface area contributed by atoms with E-state index in [1.54, 1.807) is 41.7 Å². The van der Waals surface area contributed by atoms with Gasteiger partial charge in [0.05, 0.1) is 17.8 Å². The second-order valence-electron chi connectivity index (χ2n) is 12.8. The molecule has 5 rings (SSSR count). The molecule has 12 heteroatoms. The van der Waals surface area contributed by atoms with E-state index in [0.717, 1.165) is 34.2 Å². The summed E-state index contributed by atoms with van der Waals surface area (Å²) in [7, 11) is 0. The Labute approximate surface area is 249 Å². The van der Waals surface area contributed by atoms with Crippen LogP contribution in [0.5, 0.6) is 0 Å². The molecule has 0 saturated carbocycles. The van der Waals surface area contributed by atoms with E-state index in [4.69, 9.17) is 4.74 Å². The number of carbonyl (C=O) groups is 3. The van der Waals surface area contributed by atoms with E-state index in [-0.39, 0.29) is 17.8 Å². The van der Waals surface area contributed by atoms with Crippen LogP contribution in [-0.4, -0.2) is 71.3 Å². The molecule has 2 N–H and O–H groups in total. The Bertz CT molecular complexity index is 1670. The third kappa shape index (κ3) is 6.23. The highest BCUT2D eigenvalue weighted by molar-refractivity contribution is 6.14. The summed E-state index contributed by atoms with van der Waals surface area (Å²) in [6.45, 7) is 12.8. The van der Waals surface area contributed by atoms with Crippen molar-refractivity contribution in [1.82, 2.24) is 29.4 Å². The first-order valence-electron chi connectivity index (χ1n) is 14.3. The maximum Gasteiger partial charge on any atom is 0.432 e. The molecule has 12 nitrogen and oxygen atoms in total. The molecular weight excluding hydrogens is 550 g/mol. The Morgan fingerprint density at radius 2 is 1.67 bits per heavy atom. The van der Waals surface area contributed by atoms with E-state index in [1.807, 2.05) is 58.5 Å². The summed E-state index contributed by atoms with van der Waals surface area (Å²) in [6.07, 6.45) is 6.75. The van der Waals surface area contributed by atoms with Gasteiger partial charge in [-0.3, -0.25) is 14.5 Å². The average Bonchev–Trinajstić information content (AvgIpc) is 3.57. The third-order valence-corrected chi connectivity index (χ3v) is 7.34. The molecular formula is C31H37N7O5. The number of carbonyl (C=O) groups excluding carboxylic acids is 2. The molecule has 226 valence electrons. The summed E-state index contributed by atoms with van der Waals surface area (Å²) < 4.78 is 8.30. The lowest BCUT2D eigenvalue weighted by Gasteiger charge is -2.33. The lowest BCUT2D eigenvalue weighted by Crippen LogP contribution is -2.42. The molecule has 0 aliphatic carbocycles. The van der Waals surface area contributed by atoms with Crippen LogP contribution in [0, 0.1) is 0 Å². The molecule has 4 aromatic rings. The van der Waals surface area contributed by atoms with Crippen molar-refractivity contribution in [2.24, 2.45) is 0 Å². The number of carboxylic acid groups (broad SMARTS) is 1. The summed E-state index contributed by atoms with van der Waals surface area (Å²) in [5.41, 5.74) is 2.28. The number of nitrogens with zero attached hydrogens (tertiary/aromatic N) is 6. The average molecular weight is 588 g/mol. The van der Waals surface area contributed by atoms with Gasteiger partial charge in [0.1, 0.15) is 5.60 Å². The number of amides is 2. The van der Waals surface area contributed by atoms with Crippen molar-refractivity contribution >= 4 is 34.7 Å². The highest BCUT2D eigenvalue weighted by Crippen LogP contribution is 2.40. The number of fused-ring (bicyclic) bond motifs is 1. The molecule has 1 aromatic carbocycles. The zero-order valence-corrected chi connectivity index (χ0v) is 25.3. The Kier molecular flexibility index (Phi) is 7.72. The highest BCUT2D eigenvalue weighted by atomic mass is 16.6. The third-order valence-electron chi connectivity index (χ3n) is 7.34. The van der Waals surface area contributed by atoms with Crippen molar-refractivity contribution in [3.63, 3.8) is 0 Å². The van der Waals surface area contributed by atoms with Gasteiger partial charge in [-0.1, -0.05) is 26.8 Å². The van der Waals surface area contributed by atoms with Gasteiger partial charge in [0, 0.05) is 48.3 Å². The normalized spacial score (nSPS) is 14.6. The lowest BCUT2D eigenvalue weighted by atomic mass is 9.79. The van der Waals surface area contributed by atoms with Crippen LogP contribution in [0.3, 0.4) is 0 Å². The van der Waals surface area contributed by atoms with Crippen LogP contribution in [0.1, 0.15) is 76.5 Å². The van der Waals surface area contributed by atoms with E-state index in [9.17, 15) is 19.5 Å². The Hall–Kier alpha value is -4.74. The van der Waals surface area contributed by atoms with Crippen LogP contribution in [0.4, 0.5) is 15.3 Å². The second kappa shape index (κ2) is 11.2. The maximum atomic E-state index is 13.5. The van der Waals surface area contributed by atoms with Gasteiger partial charge in [0.15, 0.2) is 5.69 Å². The van der Waals surface area contributed by atoms with Crippen molar-refractivity contribution in [3.8, 4) is 11.1 Å². The topological polar surface area (TPSA) is 144 Å². The molecule has 0 bridgehead atoms. The molecule has 1 aliphatic heterocycles. The van der Waals surface area contributed by atoms with Crippen LogP contribution in [0.15, 0.2) is 49.1 Å². The number of piperidine rings is 1. The van der Waals surface area contributed by atoms with Crippen molar-refractivity contribution in [2.75, 3.05) is 18.4 Å². The zero-order chi connectivity index (χ0) is 31.1. The summed E-state index contributed by atoms with van der Waals surface area (Å²) in [4.78, 5) is 43.9. The molecule has 0 unspecified atom stereocenters. The zero-order valence-electron chi connectivity index (χ0n) is 25.3. The highest BCUT2D eigenvalue weighted by Gasteiger charge is 2.32. The van der Waals surface area contributed by atoms with Gasteiger partial charge < -0.3 is 20.1 Å². The predicted molar refractivity (Wildman–Crippen MR) is 161 cm³/mol. The standard InChI is InChI=1S/C31H37N7O5/c1-30(2,3)25-22(19-17-33-37(18-19)21-11-15-36(16-12-21)29(42)43-31(4,5)6)7-8-23-24(25)26(35-38(23)28(40)41)27(39)34-20-9-13-32-14-10-20/h7-10,13-14,17-18,21H,11-12,15-16H2,1-6H3,(H,40,41)(H,32,34,39). The number of likely N-dealkylation sites (tertiary alicyclic amines) is 1. The number of aromatic nitrogens is 5.